The Balaban J connectivity index is 2.16. The van der Waals surface area contributed by atoms with Gasteiger partial charge in [-0.15, -0.1) is 0 Å². The quantitative estimate of drug-likeness (QED) is 0.569. The first-order valence-electron chi connectivity index (χ1n) is 8.83. The summed E-state index contributed by atoms with van der Waals surface area (Å²) in [5.74, 6) is -0.948. The molecule has 2 aromatic rings. The van der Waals surface area contributed by atoms with E-state index in [0.717, 1.165) is 6.42 Å². The van der Waals surface area contributed by atoms with Crippen molar-refractivity contribution in [2.75, 3.05) is 25.0 Å². The Hall–Kier alpha value is -3.19. The molecule has 7 nitrogen and oxygen atoms in total. The second kappa shape index (κ2) is 10.1. The number of nitrogens with two attached hydrogens (primary N) is 1. The zero-order chi connectivity index (χ0) is 19.6. The molecule has 0 fully saturated rings. The molecule has 7 heteroatoms. The van der Waals surface area contributed by atoms with Gasteiger partial charge in [-0.3, -0.25) is 14.4 Å². The highest BCUT2D eigenvalue weighted by Crippen LogP contribution is 2.17. The van der Waals surface area contributed by atoms with Crippen LogP contribution >= 0.6 is 0 Å². The van der Waals surface area contributed by atoms with Crippen LogP contribution in [0.15, 0.2) is 48.5 Å². The van der Waals surface area contributed by atoms with Crippen LogP contribution in [-0.2, 0) is 0 Å². The fourth-order valence-corrected chi connectivity index (χ4v) is 2.41. The molecule has 0 unspecified atom stereocenters. The normalized spacial score (nSPS) is 10.1. The maximum Gasteiger partial charge on any atom is 0.255 e. The molecule has 2 rings (SSSR count). The first-order chi connectivity index (χ1) is 13.1. The van der Waals surface area contributed by atoms with Gasteiger partial charge in [0, 0.05) is 30.8 Å². The van der Waals surface area contributed by atoms with Crippen molar-refractivity contribution < 1.29 is 14.4 Å². The fourth-order valence-electron chi connectivity index (χ4n) is 2.41. The molecule has 0 saturated heterocycles. The van der Waals surface area contributed by atoms with Crippen LogP contribution in [0.3, 0.4) is 0 Å². The van der Waals surface area contributed by atoms with Crippen LogP contribution in [0.4, 0.5) is 5.69 Å². The van der Waals surface area contributed by atoms with Gasteiger partial charge in [0.25, 0.3) is 17.7 Å². The number of anilines is 1. The molecule has 0 heterocycles. The van der Waals surface area contributed by atoms with E-state index < -0.39 is 5.91 Å². The van der Waals surface area contributed by atoms with Crippen LogP contribution in [0, 0.1) is 0 Å². The molecule has 0 radical (unpaired) electrons. The van der Waals surface area contributed by atoms with E-state index in [4.69, 9.17) is 5.73 Å². The van der Waals surface area contributed by atoms with Crippen molar-refractivity contribution in [3.05, 3.63) is 65.2 Å². The van der Waals surface area contributed by atoms with E-state index in [2.05, 4.69) is 16.0 Å². The number of benzene rings is 2. The predicted molar refractivity (Wildman–Crippen MR) is 105 cm³/mol. The molecule has 2 aromatic carbocycles. The SMILES string of the molecule is CCCNC(=O)c1cccc(C(=O)Nc2ccccc2C(=O)NCCN)c1. The number of hydrogen-bond acceptors (Lipinski definition) is 4. The van der Waals surface area contributed by atoms with E-state index in [0.29, 0.717) is 42.0 Å². The summed E-state index contributed by atoms with van der Waals surface area (Å²) in [6.07, 6.45) is 0.828. The lowest BCUT2D eigenvalue weighted by Crippen LogP contribution is -2.30. The Morgan fingerprint density at radius 2 is 1.52 bits per heavy atom. The van der Waals surface area contributed by atoms with Crippen LogP contribution in [0.1, 0.15) is 44.4 Å². The summed E-state index contributed by atoms with van der Waals surface area (Å²) in [5.41, 5.74) is 6.87. The highest BCUT2D eigenvalue weighted by molar-refractivity contribution is 6.09. The smallest absolute Gasteiger partial charge is 0.255 e. The second-order valence-electron chi connectivity index (χ2n) is 5.88. The minimum atomic E-state index is -0.404. The summed E-state index contributed by atoms with van der Waals surface area (Å²) in [6, 6.07) is 13.1. The zero-order valence-electron chi connectivity index (χ0n) is 15.2. The van der Waals surface area contributed by atoms with Crippen LogP contribution in [-0.4, -0.2) is 37.4 Å². The van der Waals surface area contributed by atoms with Crippen LogP contribution < -0.4 is 21.7 Å². The summed E-state index contributed by atoms with van der Waals surface area (Å²) < 4.78 is 0. The minimum Gasteiger partial charge on any atom is -0.352 e. The molecule has 3 amide bonds. The van der Waals surface area contributed by atoms with Crippen LogP contribution in [0.5, 0.6) is 0 Å². The second-order valence-corrected chi connectivity index (χ2v) is 5.88. The Kier molecular flexibility index (Phi) is 7.51. The molecule has 142 valence electrons. The van der Waals surface area contributed by atoms with E-state index in [1.54, 1.807) is 42.5 Å². The topological polar surface area (TPSA) is 113 Å². The van der Waals surface area contributed by atoms with Crippen molar-refractivity contribution in [3.8, 4) is 0 Å². The van der Waals surface area contributed by atoms with Gasteiger partial charge in [-0.25, -0.2) is 0 Å². The third-order valence-corrected chi connectivity index (χ3v) is 3.77. The molecule has 0 saturated carbocycles. The Morgan fingerprint density at radius 1 is 0.852 bits per heavy atom. The Bertz CT molecular complexity index is 820. The zero-order valence-corrected chi connectivity index (χ0v) is 15.2. The summed E-state index contributed by atoms with van der Waals surface area (Å²) in [5, 5.41) is 8.18. The number of rotatable bonds is 8. The standard InChI is InChI=1S/C20H24N4O3/c1-2-11-22-18(25)14-6-5-7-15(13-14)19(26)24-17-9-4-3-8-16(17)20(27)23-12-10-21/h3-9,13H,2,10-12,21H2,1H3,(H,22,25)(H,23,27)(H,24,26). The fraction of sp³-hybridized carbons (Fsp3) is 0.250. The lowest BCUT2D eigenvalue weighted by Gasteiger charge is -2.12. The number of nitrogens with one attached hydrogen (secondary N) is 3. The lowest BCUT2D eigenvalue weighted by molar-refractivity contribution is 0.0946. The molecule has 0 aromatic heterocycles. The van der Waals surface area contributed by atoms with Crippen LogP contribution in [0.2, 0.25) is 0 Å². The number of para-hydroxylation sites is 1. The van der Waals surface area contributed by atoms with Crippen molar-refractivity contribution in [2.24, 2.45) is 5.73 Å². The molecule has 0 aliphatic carbocycles. The Morgan fingerprint density at radius 3 is 2.22 bits per heavy atom. The van der Waals surface area contributed by atoms with E-state index in [-0.39, 0.29) is 11.8 Å². The van der Waals surface area contributed by atoms with Gasteiger partial charge in [0.05, 0.1) is 11.3 Å². The lowest BCUT2D eigenvalue weighted by atomic mass is 10.1. The van der Waals surface area contributed by atoms with Crippen molar-refractivity contribution in [1.29, 1.82) is 0 Å². The summed E-state index contributed by atoms with van der Waals surface area (Å²) in [7, 11) is 0. The van der Waals surface area contributed by atoms with E-state index in [9.17, 15) is 14.4 Å². The molecule has 0 aliphatic heterocycles. The third kappa shape index (κ3) is 5.65. The number of amides is 3. The maximum absolute atomic E-state index is 12.6. The average molecular weight is 368 g/mol. The van der Waals surface area contributed by atoms with E-state index >= 15 is 0 Å². The molecular weight excluding hydrogens is 344 g/mol. The number of carbonyl (C=O) groups is 3. The highest BCUT2D eigenvalue weighted by Gasteiger charge is 2.15. The molecule has 0 bridgehead atoms. The Labute approximate surface area is 158 Å². The maximum atomic E-state index is 12.6. The average Bonchev–Trinajstić information content (AvgIpc) is 2.70. The van der Waals surface area contributed by atoms with Gasteiger partial charge in [0.15, 0.2) is 0 Å². The predicted octanol–water partition coefficient (Wildman–Crippen LogP) is 1.77. The van der Waals surface area contributed by atoms with E-state index in [1.807, 2.05) is 6.92 Å². The minimum absolute atomic E-state index is 0.229. The largest absolute Gasteiger partial charge is 0.352 e. The van der Waals surface area contributed by atoms with Crippen LogP contribution in [0.25, 0.3) is 0 Å². The summed E-state index contributed by atoms with van der Waals surface area (Å²) >= 11 is 0. The molecule has 0 spiro atoms. The molecule has 5 N–H and O–H groups in total. The molecular formula is C20H24N4O3. The van der Waals surface area contributed by atoms with E-state index in [1.165, 1.54) is 6.07 Å². The first-order valence-corrected chi connectivity index (χ1v) is 8.83. The van der Waals surface area contributed by atoms with Crippen molar-refractivity contribution in [3.63, 3.8) is 0 Å². The number of carbonyl (C=O) groups excluding carboxylic acids is 3. The highest BCUT2D eigenvalue weighted by atomic mass is 16.2. The monoisotopic (exact) mass is 368 g/mol. The molecule has 0 aliphatic rings. The van der Waals surface area contributed by atoms with Gasteiger partial charge < -0.3 is 21.7 Å². The molecule has 27 heavy (non-hydrogen) atoms. The van der Waals surface area contributed by atoms with Crippen molar-refractivity contribution in [2.45, 2.75) is 13.3 Å². The van der Waals surface area contributed by atoms with Gasteiger partial charge in [-0.2, -0.15) is 0 Å². The molecule has 0 atom stereocenters. The summed E-state index contributed by atoms with van der Waals surface area (Å²) in [4.78, 5) is 36.9. The number of hydrogen-bond donors (Lipinski definition) is 4. The van der Waals surface area contributed by atoms with Gasteiger partial charge >= 0.3 is 0 Å². The van der Waals surface area contributed by atoms with Crippen molar-refractivity contribution in [1.82, 2.24) is 10.6 Å². The van der Waals surface area contributed by atoms with Gasteiger partial charge in [0.1, 0.15) is 0 Å². The van der Waals surface area contributed by atoms with Gasteiger partial charge in [0.2, 0.25) is 0 Å². The van der Waals surface area contributed by atoms with Gasteiger partial charge in [-0.05, 0) is 36.8 Å². The third-order valence-electron chi connectivity index (χ3n) is 3.77. The summed E-state index contributed by atoms with van der Waals surface area (Å²) in [6.45, 7) is 3.20. The van der Waals surface area contributed by atoms with Crippen molar-refractivity contribution >= 4 is 23.4 Å². The first kappa shape index (κ1) is 20.1. The van der Waals surface area contributed by atoms with Gasteiger partial charge in [-0.1, -0.05) is 25.1 Å².